The lowest BCUT2D eigenvalue weighted by atomic mass is 10.4. The third kappa shape index (κ3) is 1.63. The summed E-state index contributed by atoms with van der Waals surface area (Å²) >= 11 is 0. The number of nitrogens with one attached hydrogen (secondary N) is 1. The summed E-state index contributed by atoms with van der Waals surface area (Å²) in [5.41, 5.74) is 5.34. The summed E-state index contributed by atoms with van der Waals surface area (Å²) in [5.74, 6) is 4.00. The van der Waals surface area contributed by atoms with Crippen LogP contribution in [0.15, 0.2) is 12.3 Å². The predicted octanol–water partition coefficient (Wildman–Crippen LogP) is -0.754. The molecule has 1 aromatic heterocycles. The Kier molecular flexibility index (Phi) is 1.71. The van der Waals surface area contributed by atoms with E-state index < -0.39 is 5.91 Å². The number of aromatic nitrogens is 2. The molecule has 0 saturated heterocycles. The maximum atomic E-state index is 10.1. The number of primary amides is 1. The van der Waals surface area contributed by atoms with Crippen molar-refractivity contribution in [1.82, 2.24) is 10.2 Å². The number of H-pyrrole nitrogens is 1. The quantitative estimate of drug-likeness (QED) is 0.459. The Hall–Kier alpha value is -1.76. The average molecular weight is 135 g/mol. The Morgan fingerprint density at radius 2 is 2.60 bits per heavy atom. The zero-order valence-electron chi connectivity index (χ0n) is 5.09. The summed E-state index contributed by atoms with van der Waals surface area (Å²) in [5, 5.41) is 6.18. The van der Waals surface area contributed by atoms with Crippen molar-refractivity contribution in [1.29, 1.82) is 0 Å². The lowest BCUT2D eigenvalue weighted by molar-refractivity contribution is -0.112. The molecule has 1 aromatic rings. The number of aromatic amines is 1. The minimum Gasteiger partial charge on any atom is -0.359 e. The van der Waals surface area contributed by atoms with Crippen LogP contribution in [-0.4, -0.2) is 16.1 Å². The van der Waals surface area contributed by atoms with Crippen LogP contribution in [0.1, 0.15) is 5.69 Å². The van der Waals surface area contributed by atoms with E-state index in [0.29, 0.717) is 5.69 Å². The van der Waals surface area contributed by atoms with E-state index in [0.717, 1.165) is 0 Å². The Morgan fingerprint density at radius 1 is 1.80 bits per heavy atom. The highest BCUT2D eigenvalue weighted by Crippen LogP contribution is 1.84. The zero-order chi connectivity index (χ0) is 7.40. The van der Waals surface area contributed by atoms with Crippen LogP contribution in [0.4, 0.5) is 0 Å². The van der Waals surface area contributed by atoms with E-state index in [9.17, 15) is 4.79 Å². The van der Waals surface area contributed by atoms with Gasteiger partial charge in [-0.1, -0.05) is 0 Å². The summed E-state index contributed by atoms with van der Waals surface area (Å²) in [6.07, 6.45) is 1.55. The van der Waals surface area contributed by atoms with Gasteiger partial charge < -0.3 is 5.73 Å². The van der Waals surface area contributed by atoms with Crippen LogP contribution in [0.2, 0.25) is 0 Å². The normalized spacial score (nSPS) is 8.00. The third-order valence-corrected chi connectivity index (χ3v) is 0.821. The highest BCUT2D eigenvalue weighted by molar-refractivity contribution is 5.92. The molecule has 3 N–H and O–H groups in total. The number of carbonyl (C=O) groups is 1. The topological polar surface area (TPSA) is 71.8 Å². The molecular weight excluding hydrogens is 130 g/mol. The average Bonchev–Trinajstić information content (AvgIpc) is 2.34. The molecular formula is C6H5N3O. The standard InChI is InChI=1S/C6H5N3O/c7-6(10)2-1-5-3-4-8-9-5/h3-4H,(H2,7,10)(H,8,9). The number of rotatable bonds is 0. The van der Waals surface area contributed by atoms with Crippen LogP contribution in [0, 0.1) is 11.8 Å². The number of hydrogen-bond acceptors (Lipinski definition) is 2. The lowest BCUT2D eigenvalue weighted by Crippen LogP contribution is -2.06. The molecule has 1 amide bonds. The molecule has 1 heterocycles. The molecule has 0 fully saturated rings. The second-order valence-corrected chi connectivity index (χ2v) is 1.58. The second-order valence-electron chi connectivity index (χ2n) is 1.58. The Labute approximate surface area is 57.4 Å². The lowest BCUT2D eigenvalue weighted by Gasteiger charge is -1.74. The first-order valence-electron chi connectivity index (χ1n) is 2.60. The van der Waals surface area contributed by atoms with Gasteiger partial charge in [-0.3, -0.25) is 9.89 Å². The van der Waals surface area contributed by atoms with Gasteiger partial charge in [-0.15, -0.1) is 0 Å². The number of amides is 1. The van der Waals surface area contributed by atoms with E-state index in [1.54, 1.807) is 12.3 Å². The first kappa shape index (κ1) is 6.36. The van der Waals surface area contributed by atoms with Gasteiger partial charge in [0.25, 0.3) is 5.91 Å². The number of nitrogens with zero attached hydrogens (tertiary/aromatic N) is 1. The summed E-state index contributed by atoms with van der Waals surface area (Å²) < 4.78 is 0. The van der Waals surface area contributed by atoms with Crippen molar-refractivity contribution in [2.24, 2.45) is 5.73 Å². The summed E-state index contributed by atoms with van der Waals surface area (Å²) in [4.78, 5) is 10.1. The van der Waals surface area contributed by atoms with Gasteiger partial charge in [-0.05, 0) is 12.0 Å². The fraction of sp³-hybridized carbons (Fsp3) is 0. The molecule has 0 spiro atoms. The van der Waals surface area contributed by atoms with Gasteiger partial charge in [-0.25, -0.2) is 0 Å². The van der Waals surface area contributed by atoms with Crippen molar-refractivity contribution in [3.63, 3.8) is 0 Å². The molecule has 0 saturated carbocycles. The largest absolute Gasteiger partial charge is 0.359 e. The minimum absolute atomic E-state index is 0.582. The Bertz CT molecular complexity index is 278. The highest BCUT2D eigenvalue weighted by Gasteiger charge is 1.84. The SMILES string of the molecule is NC(=O)C#Cc1ccn[nH]1. The molecule has 0 aliphatic carbocycles. The molecule has 0 bridgehead atoms. The van der Waals surface area contributed by atoms with Crippen LogP contribution < -0.4 is 5.73 Å². The van der Waals surface area contributed by atoms with Gasteiger partial charge in [0, 0.05) is 12.1 Å². The van der Waals surface area contributed by atoms with Gasteiger partial charge in [0.2, 0.25) is 0 Å². The highest BCUT2D eigenvalue weighted by atomic mass is 16.1. The van der Waals surface area contributed by atoms with Gasteiger partial charge in [-0.2, -0.15) is 5.10 Å². The van der Waals surface area contributed by atoms with E-state index in [1.807, 2.05) is 0 Å². The number of nitrogens with two attached hydrogens (primary N) is 1. The molecule has 0 atom stereocenters. The van der Waals surface area contributed by atoms with Crippen LogP contribution >= 0.6 is 0 Å². The fourth-order valence-corrected chi connectivity index (χ4v) is 0.454. The molecule has 4 nitrogen and oxygen atoms in total. The summed E-state index contributed by atoms with van der Waals surface area (Å²) in [7, 11) is 0. The molecule has 0 aliphatic rings. The summed E-state index contributed by atoms with van der Waals surface area (Å²) in [6.45, 7) is 0. The molecule has 4 heteroatoms. The van der Waals surface area contributed by atoms with Crippen LogP contribution in [0.3, 0.4) is 0 Å². The molecule has 1 rings (SSSR count). The van der Waals surface area contributed by atoms with E-state index in [4.69, 9.17) is 5.73 Å². The molecule has 10 heavy (non-hydrogen) atoms. The van der Waals surface area contributed by atoms with Gasteiger partial charge in [0.1, 0.15) is 5.69 Å². The smallest absolute Gasteiger partial charge is 0.293 e. The molecule has 0 aromatic carbocycles. The molecule has 0 radical (unpaired) electrons. The van der Waals surface area contributed by atoms with Crippen molar-refractivity contribution in [2.45, 2.75) is 0 Å². The van der Waals surface area contributed by atoms with E-state index >= 15 is 0 Å². The molecule has 0 unspecified atom stereocenters. The van der Waals surface area contributed by atoms with Gasteiger partial charge >= 0.3 is 0 Å². The van der Waals surface area contributed by atoms with E-state index in [-0.39, 0.29) is 0 Å². The van der Waals surface area contributed by atoms with Gasteiger partial charge in [0.15, 0.2) is 0 Å². The van der Waals surface area contributed by atoms with Gasteiger partial charge in [0.05, 0.1) is 0 Å². The van der Waals surface area contributed by atoms with Crippen LogP contribution in [0.5, 0.6) is 0 Å². The zero-order valence-corrected chi connectivity index (χ0v) is 5.09. The second kappa shape index (κ2) is 2.69. The first-order chi connectivity index (χ1) is 4.79. The fourth-order valence-electron chi connectivity index (χ4n) is 0.454. The minimum atomic E-state index is -0.644. The van der Waals surface area contributed by atoms with Crippen molar-refractivity contribution in [3.05, 3.63) is 18.0 Å². The molecule has 50 valence electrons. The maximum absolute atomic E-state index is 10.1. The van der Waals surface area contributed by atoms with E-state index in [1.165, 1.54) is 0 Å². The Morgan fingerprint density at radius 3 is 3.10 bits per heavy atom. The van der Waals surface area contributed by atoms with Crippen LogP contribution in [0.25, 0.3) is 0 Å². The first-order valence-corrected chi connectivity index (χ1v) is 2.60. The van der Waals surface area contributed by atoms with Crippen molar-refractivity contribution < 1.29 is 4.79 Å². The maximum Gasteiger partial charge on any atom is 0.293 e. The van der Waals surface area contributed by atoms with Crippen molar-refractivity contribution in [2.75, 3.05) is 0 Å². The predicted molar refractivity (Wildman–Crippen MR) is 34.7 cm³/mol. The van der Waals surface area contributed by atoms with E-state index in [2.05, 4.69) is 22.0 Å². The monoisotopic (exact) mass is 135 g/mol. The number of hydrogen-bond donors (Lipinski definition) is 2. The Balaban J connectivity index is 2.75. The third-order valence-electron chi connectivity index (χ3n) is 0.821. The summed E-state index contributed by atoms with van der Waals surface area (Å²) in [6, 6.07) is 1.65. The molecule has 0 aliphatic heterocycles. The number of carbonyl (C=O) groups excluding carboxylic acids is 1. The van der Waals surface area contributed by atoms with Crippen LogP contribution in [-0.2, 0) is 4.79 Å². The van der Waals surface area contributed by atoms with Crippen molar-refractivity contribution >= 4 is 5.91 Å². The van der Waals surface area contributed by atoms with Crippen molar-refractivity contribution in [3.8, 4) is 11.8 Å².